The highest BCUT2D eigenvalue weighted by Crippen LogP contribution is 2.38. The maximum Gasteiger partial charge on any atom is 0.221 e. The normalized spacial score (nSPS) is 13.2. The molecule has 0 saturated carbocycles. The van der Waals surface area contributed by atoms with Crippen molar-refractivity contribution in [3.8, 4) is 5.75 Å². The Morgan fingerprint density at radius 2 is 1.82 bits per heavy atom. The zero-order valence-electron chi connectivity index (χ0n) is 21.5. The van der Waals surface area contributed by atoms with Gasteiger partial charge in [-0.1, -0.05) is 57.2 Å². The number of aromatic amines is 1. The summed E-state index contributed by atoms with van der Waals surface area (Å²) in [5, 5.41) is 4.43. The lowest BCUT2D eigenvalue weighted by atomic mass is 9.87. The van der Waals surface area contributed by atoms with Crippen LogP contribution in [0.1, 0.15) is 69.6 Å². The summed E-state index contributed by atoms with van der Waals surface area (Å²) >= 11 is 0. The molecule has 0 spiro atoms. The number of para-hydroxylation sites is 2. The number of methoxy groups -OCH3 is 1. The lowest BCUT2D eigenvalue weighted by molar-refractivity contribution is -0.121. The first kappa shape index (κ1) is 25.8. The summed E-state index contributed by atoms with van der Waals surface area (Å²) in [7, 11) is 1.69. The topological polar surface area (TPSA) is 57.4 Å². The monoisotopic (exact) mass is 463 g/mol. The van der Waals surface area contributed by atoms with E-state index in [0.717, 1.165) is 61.3 Å². The van der Waals surface area contributed by atoms with Gasteiger partial charge in [0.25, 0.3) is 0 Å². The number of benzene rings is 2. The molecular formula is C29H41N3O2. The Balaban J connectivity index is 1.81. The molecule has 184 valence electrons. The van der Waals surface area contributed by atoms with Gasteiger partial charge in [-0.2, -0.15) is 0 Å². The number of amides is 1. The Labute approximate surface area is 204 Å². The maximum atomic E-state index is 13.2. The summed E-state index contributed by atoms with van der Waals surface area (Å²) in [6.07, 6.45) is 5.48. The molecular weight excluding hydrogens is 422 g/mol. The van der Waals surface area contributed by atoms with Crippen LogP contribution in [0.5, 0.6) is 5.75 Å². The molecule has 2 atom stereocenters. The van der Waals surface area contributed by atoms with Crippen LogP contribution in [0.15, 0.2) is 48.7 Å². The van der Waals surface area contributed by atoms with Gasteiger partial charge >= 0.3 is 0 Å². The fourth-order valence-corrected chi connectivity index (χ4v) is 4.92. The van der Waals surface area contributed by atoms with E-state index in [1.165, 1.54) is 10.9 Å². The smallest absolute Gasteiger partial charge is 0.221 e. The fourth-order valence-electron chi connectivity index (χ4n) is 4.92. The quantitative estimate of drug-likeness (QED) is 0.332. The fraction of sp³-hybridized carbons (Fsp3) is 0.483. The van der Waals surface area contributed by atoms with Gasteiger partial charge in [-0.15, -0.1) is 0 Å². The van der Waals surface area contributed by atoms with Crippen molar-refractivity contribution in [2.24, 2.45) is 0 Å². The average molecular weight is 464 g/mol. The SMILES string of the molecule is CCc1cccc2c(C(CC(=O)NC(C)CCCN(CC)CC)c3ccccc3OC)c[nH]c12. The molecule has 0 fully saturated rings. The Bertz CT molecular complexity index is 1050. The van der Waals surface area contributed by atoms with Crippen LogP contribution in [0.25, 0.3) is 10.9 Å². The summed E-state index contributed by atoms with van der Waals surface area (Å²) in [5.74, 6) is 0.792. The third-order valence-electron chi connectivity index (χ3n) is 6.91. The zero-order valence-corrected chi connectivity index (χ0v) is 21.5. The number of hydrogen-bond acceptors (Lipinski definition) is 3. The minimum Gasteiger partial charge on any atom is -0.496 e. The lowest BCUT2D eigenvalue weighted by Gasteiger charge is -2.22. The zero-order chi connectivity index (χ0) is 24.5. The molecule has 0 saturated heterocycles. The van der Waals surface area contributed by atoms with E-state index in [9.17, 15) is 4.79 Å². The summed E-state index contributed by atoms with van der Waals surface area (Å²) in [5.41, 5.74) is 4.62. The summed E-state index contributed by atoms with van der Waals surface area (Å²) in [6.45, 7) is 11.9. The van der Waals surface area contributed by atoms with Gasteiger partial charge in [0.2, 0.25) is 5.91 Å². The minimum absolute atomic E-state index is 0.0761. The second kappa shape index (κ2) is 12.6. The number of aromatic nitrogens is 1. The largest absolute Gasteiger partial charge is 0.496 e. The highest BCUT2D eigenvalue weighted by Gasteiger charge is 2.25. The highest BCUT2D eigenvalue weighted by atomic mass is 16.5. The van der Waals surface area contributed by atoms with E-state index in [1.807, 2.05) is 18.2 Å². The number of H-pyrrole nitrogens is 1. The van der Waals surface area contributed by atoms with Crippen molar-refractivity contribution in [1.29, 1.82) is 0 Å². The number of ether oxygens (including phenoxy) is 1. The van der Waals surface area contributed by atoms with Crippen LogP contribution in [-0.2, 0) is 11.2 Å². The third kappa shape index (κ3) is 6.20. The van der Waals surface area contributed by atoms with Gasteiger partial charge in [0.15, 0.2) is 0 Å². The van der Waals surface area contributed by atoms with Crippen LogP contribution >= 0.6 is 0 Å². The maximum absolute atomic E-state index is 13.2. The minimum atomic E-state index is -0.0973. The van der Waals surface area contributed by atoms with Gasteiger partial charge in [-0.25, -0.2) is 0 Å². The lowest BCUT2D eigenvalue weighted by Crippen LogP contribution is -2.34. The molecule has 34 heavy (non-hydrogen) atoms. The summed E-state index contributed by atoms with van der Waals surface area (Å²) in [6, 6.07) is 14.6. The van der Waals surface area contributed by atoms with Crippen LogP contribution < -0.4 is 10.1 Å². The highest BCUT2D eigenvalue weighted by molar-refractivity contribution is 5.88. The number of fused-ring (bicyclic) bond motifs is 1. The Morgan fingerprint density at radius 1 is 1.06 bits per heavy atom. The van der Waals surface area contributed by atoms with Gasteiger partial charge in [0, 0.05) is 41.0 Å². The van der Waals surface area contributed by atoms with E-state index in [2.05, 4.69) is 73.4 Å². The number of carbonyl (C=O) groups is 1. The number of aryl methyl sites for hydroxylation is 1. The van der Waals surface area contributed by atoms with Crippen molar-refractivity contribution in [2.75, 3.05) is 26.7 Å². The first-order valence-corrected chi connectivity index (χ1v) is 12.8. The summed E-state index contributed by atoms with van der Waals surface area (Å²) in [4.78, 5) is 19.1. The standard InChI is InChI=1S/C29H41N3O2/c1-6-22-14-11-16-24-26(20-30-29(22)24)25(23-15-9-10-17-27(23)34-5)19-28(33)31-21(4)13-12-18-32(7-2)8-3/h9-11,14-17,20-21,25,30H,6-8,12-13,18-19H2,1-5H3,(H,31,33). The first-order chi connectivity index (χ1) is 16.5. The number of nitrogens with zero attached hydrogens (tertiary/aromatic N) is 1. The average Bonchev–Trinajstić information content (AvgIpc) is 3.29. The van der Waals surface area contributed by atoms with Crippen molar-refractivity contribution in [1.82, 2.24) is 15.2 Å². The molecule has 1 aromatic heterocycles. The Kier molecular flexibility index (Phi) is 9.58. The molecule has 3 rings (SSSR count). The van der Waals surface area contributed by atoms with E-state index in [-0.39, 0.29) is 17.9 Å². The number of rotatable bonds is 13. The van der Waals surface area contributed by atoms with Crippen LogP contribution in [0.4, 0.5) is 0 Å². The van der Waals surface area contributed by atoms with E-state index in [1.54, 1.807) is 7.11 Å². The van der Waals surface area contributed by atoms with Gasteiger partial charge in [0.1, 0.15) is 5.75 Å². The molecule has 1 amide bonds. The molecule has 0 bridgehead atoms. The van der Waals surface area contributed by atoms with E-state index < -0.39 is 0 Å². The van der Waals surface area contributed by atoms with E-state index in [0.29, 0.717) is 6.42 Å². The molecule has 3 aromatic rings. The van der Waals surface area contributed by atoms with Gasteiger partial charge in [0.05, 0.1) is 7.11 Å². The number of carbonyl (C=O) groups excluding carboxylic acids is 1. The second-order valence-corrected chi connectivity index (χ2v) is 9.07. The number of nitrogens with one attached hydrogen (secondary N) is 2. The van der Waals surface area contributed by atoms with Gasteiger partial charge in [-0.05, 0) is 63.0 Å². The molecule has 5 heteroatoms. The third-order valence-corrected chi connectivity index (χ3v) is 6.91. The van der Waals surface area contributed by atoms with E-state index >= 15 is 0 Å². The Morgan fingerprint density at radius 3 is 2.53 bits per heavy atom. The molecule has 1 heterocycles. The van der Waals surface area contributed by atoms with E-state index in [4.69, 9.17) is 4.74 Å². The van der Waals surface area contributed by atoms with Crippen molar-refractivity contribution in [2.45, 2.75) is 65.3 Å². The van der Waals surface area contributed by atoms with Gasteiger partial charge < -0.3 is 19.9 Å². The Hall–Kier alpha value is -2.79. The van der Waals surface area contributed by atoms with Crippen molar-refractivity contribution >= 4 is 16.8 Å². The van der Waals surface area contributed by atoms with Crippen LogP contribution in [-0.4, -0.2) is 48.6 Å². The number of hydrogen-bond donors (Lipinski definition) is 2. The first-order valence-electron chi connectivity index (χ1n) is 12.8. The molecule has 2 aromatic carbocycles. The van der Waals surface area contributed by atoms with Crippen LogP contribution in [0.2, 0.25) is 0 Å². The molecule has 0 aliphatic heterocycles. The van der Waals surface area contributed by atoms with Crippen LogP contribution in [0, 0.1) is 0 Å². The predicted octanol–water partition coefficient (Wildman–Crippen LogP) is 5.89. The van der Waals surface area contributed by atoms with Gasteiger partial charge in [-0.3, -0.25) is 4.79 Å². The predicted molar refractivity (Wildman–Crippen MR) is 142 cm³/mol. The summed E-state index contributed by atoms with van der Waals surface area (Å²) < 4.78 is 5.69. The molecule has 0 aliphatic carbocycles. The van der Waals surface area contributed by atoms with Crippen molar-refractivity contribution < 1.29 is 9.53 Å². The molecule has 0 radical (unpaired) electrons. The molecule has 0 aliphatic rings. The molecule has 5 nitrogen and oxygen atoms in total. The van der Waals surface area contributed by atoms with Crippen LogP contribution in [0.3, 0.4) is 0 Å². The molecule has 2 N–H and O–H groups in total. The molecule has 2 unspecified atom stereocenters. The second-order valence-electron chi connectivity index (χ2n) is 9.07. The van der Waals surface area contributed by atoms with Crippen molar-refractivity contribution in [3.63, 3.8) is 0 Å². The van der Waals surface area contributed by atoms with Crippen molar-refractivity contribution in [3.05, 3.63) is 65.4 Å².